The monoisotopic (exact) mass is 369 g/mol. The van der Waals surface area contributed by atoms with E-state index >= 15 is 0 Å². The largest absolute Gasteiger partial charge is 0.365 e. The Morgan fingerprint density at radius 1 is 1.20 bits per heavy atom. The summed E-state index contributed by atoms with van der Waals surface area (Å²) in [6, 6.07) is 4.24. The fourth-order valence-electron chi connectivity index (χ4n) is 4.09. The summed E-state index contributed by atoms with van der Waals surface area (Å²) in [4.78, 5) is 17.4. The third-order valence-electron chi connectivity index (χ3n) is 5.22. The lowest BCUT2D eigenvalue weighted by atomic mass is 9.95. The second-order valence-corrected chi connectivity index (χ2v) is 8.49. The highest BCUT2D eigenvalue weighted by atomic mass is 35.5. The van der Waals surface area contributed by atoms with Gasteiger partial charge in [-0.1, -0.05) is 18.0 Å². The summed E-state index contributed by atoms with van der Waals surface area (Å²) in [6.07, 6.45) is 6.94. The molecule has 25 heavy (non-hydrogen) atoms. The predicted molar refractivity (Wildman–Crippen MR) is 99.9 cm³/mol. The van der Waals surface area contributed by atoms with E-state index < -0.39 is 0 Å². The van der Waals surface area contributed by atoms with Crippen molar-refractivity contribution in [3.63, 3.8) is 0 Å². The van der Waals surface area contributed by atoms with E-state index in [-0.39, 0.29) is 0 Å². The van der Waals surface area contributed by atoms with Crippen molar-refractivity contribution in [3.8, 4) is 11.8 Å². The van der Waals surface area contributed by atoms with E-state index in [0.717, 1.165) is 32.4 Å². The number of fused-ring (bicyclic) bond motifs is 3. The van der Waals surface area contributed by atoms with Crippen molar-refractivity contribution < 1.29 is 0 Å². The van der Waals surface area contributed by atoms with E-state index in [0.29, 0.717) is 17.5 Å². The average molecular weight is 370 g/mol. The quantitative estimate of drug-likeness (QED) is 0.668. The average Bonchev–Trinajstić information content (AvgIpc) is 3.37. The second kappa shape index (κ2) is 6.01. The van der Waals surface area contributed by atoms with E-state index in [1.807, 2.05) is 12.1 Å². The van der Waals surface area contributed by atoms with Crippen molar-refractivity contribution in [2.24, 2.45) is 11.8 Å². The SMILES string of the molecule is Clc1ccc(C#Cc2nc(N[C@H]3C[C@H]4CC[C@@H]3C4)c3[nH]cnc3n2)s1. The van der Waals surface area contributed by atoms with Gasteiger partial charge in [-0.05, 0) is 55.1 Å². The molecule has 5 nitrogen and oxygen atoms in total. The minimum atomic E-state index is 0.481. The van der Waals surface area contributed by atoms with Crippen molar-refractivity contribution in [1.29, 1.82) is 0 Å². The molecule has 2 bridgehead atoms. The number of nitrogens with one attached hydrogen (secondary N) is 2. The van der Waals surface area contributed by atoms with E-state index in [1.165, 1.54) is 37.0 Å². The van der Waals surface area contributed by atoms with E-state index in [1.54, 1.807) is 6.33 Å². The van der Waals surface area contributed by atoms with Gasteiger partial charge in [-0.25, -0.2) is 9.97 Å². The number of hydrogen-bond acceptors (Lipinski definition) is 5. The Balaban J connectivity index is 1.47. The Labute approximate surface area is 154 Å². The summed E-state index contributed by atoms with van der Waals surface area (Å²) < 4.78 is 0.728. The minimum absolute atomic E-state index is 0.481. The van der Waals surface area contributed by atoms with Crippen LogP contribution in [0.5, 0.6) is 0 Å². The van der Waals surface area contributed by atoms with Crippen LogP contribution in [0.2, 0.25) is 4.34 Å². The molecule has 0 aliphatic heterocycles. The number of halogens is 1. The molecule has 0 unspecified atom stereocenters. The standard InChI is InChI=1S/C18H16ClN5S/c19-14-5-3-12(25-14)4-6-15-23-17-16(20-9-21-17)18(24-15)22-13-8-10-1-2-11(13)7-10/h3,5,9-11,13H,1-2,7-8H2,(H2,20,21,22,23,24)/t10-,11+,13-/m0/s1. The molecule has 3 aromatic heterocycles. The lowest BCUT2D eigenvalue weighted by molar-refractivity contribution is 0.439. The van der Waals surface area contributed by atoms with Gasteiger partial charge in [0.05, 0.1) is 15.5 Å². The summed E-state index contributed by atoms with van der Waals surface area (Å²) in [5.41, 5.74) is 1.50. The van der Waals surface area contributed by atoms with Crippen LogP contribution in [-0.4, -0.2) is 26.0 Å². The zero-order valence-electron chi connectivity index (χ0n) is 13.4. The van der Waals surface area contributed by atoms with E-state index in [4.69, 9.17) is 11.6 Å². The van der Waals surface area contributed by atoms with Crippen LogP contribution in [0.3, 0.4) is 0 Å². The first-order valence-corrected chi connectivity index (χ1v) is 9.69. The van der Waals surface area contributed by atoms with Crippen LogP contribution in [0.15, 0.2) is 18.5 Å². The maximum Gasteiger partial charge on any atom is 0.209 e. The lowest BCUT2D eigenvalue weighted by Crippen LogP contribution is -2.26. The van der Waals surface area contributed by atoms with Gasteiger partial charge >= 0.3 is 0 Å². The summed E-state index contributed by atoms with van der Waals surface area (Å²) in [5.74, 6) is 9.06. The normalized spacial score (nSPS) is 24.4. The first-order chi connectivity index (χ1) is 12.2. The molecule has 2 N–H and O–H groups in total. The number of aromatic nitrogens is 4. The van der Waals surface area contributed by atoms with Crippen molar-refractivity contribution in [2.45, 2.75) is 31.7 Å². The van der Waals surface area contributed by atoms with Gasteiger partial charge in [-0.2, -0.15) is 4.98 Å². The Kier molecular flexibility index (Phi) is 3.65. The molecule has 2 aliphatic rings. The zero-order valence-corrected chi connectivity index (χ0v) is 15.0. The fourth-order valence-corrected chi connectivity index (χ4v) is 4.99. The molecule has 0 amide bonds. The van der Waals surface area contributed by atoms with Crippen molar-refractivity contribution in [1.82, 2.24) is 19.9 Å². The van der Waals surface area contributed by atoms with Gasteiger partial charge in [0.25, 0.3) is 0 Å². The second-order valence-electron chi connectivity index (χ2n) is 6.78. The number of nitrogens with zero attached hydrogens (tertiary/aromatic N) is 3. The summed E-state index contributed by atoms with van der Waals surface area (Å²) in [7, 11) is 0. The van der Waals surface area contributed by atoms with Crippen LogP contribution in [-0.2, 0) is 0 Å². The number of anilines is 1. The molecule has 0 spiro atoms. The van der Waals surface area contributed by atoms with Gasteiger partial charge < -0.3 is 10.3 Å². The molecular weight excluding hydrogens is 354 g/mol. The molecule has 2 fully saturated rings. The van der Waals surface area contributed by atoms with Gasteiger partial charge in [-0.3, -0.25) is 0 Å². The lowest BCUT2D eigenvalue weighted by Gasteiger charge is -2.23. The van der Waals surface area contributed by atoms with Gasteiger partial charge in [0, 0.05) is 6.04 Å². The molecule has 3 atom stereocenters. The molecule has 0 radical (unpaired) electrons. The summed E-state index contributed by atoms with van der Waals surface area (Å²) in [5, 5.41) is 3.64. The Hall–Kier alpha value is -2.10. The molecule has 2 aliphatic carbocycles. The molecular formula is C18H16ClN5S. The first kappa shape index (κ1) is 15.2. The van der Waals surface area contributed by atoms with Crippen LogP contribution in [0.1, 0.15) is 36.4 Å². The fraction of sp³-hybridized carbons (Fsp3) is 0.389. The van der Waals surface area contributed by atoms with Crippen molar-refractivity contribution >= 4 is 39.9 Å². The highest BCUT2D eigenvalue weighted by molar-refractivity contribution is 7.16. The Bertz CT molecular complexity index is 998. The molecule has 0 saturated heterocycles. The van der Waals surface area contributed by atoms with Crippen molar-refractivity contribution in [2.75, 3.05) is 5.32 Å². The summed E-state index contributed by atoms with van der Waals surface area (Å²) >= 11 is 7.40. The number of hydrogen-bond donors (Lipinski definition) is 2. The third kappa shape index (κ3) is 2.88. The number of aromatic amines is 1. The molecule has 126 valence electrons. The van der Waals surface area contributed by atoms with Crippen molar-refractivity contribution in [3.05, 3.63) is 33.5 Å². The highest BCUT2D eigenvalue weighted by Crippen LogP contribution is 2.45. The number of imidazole rings is 1. The van der Waals surface area contributed by atoms with Gasteiger partial charge in [0.2, 0.25) is 5.82 Å². The van der Waals surface area contributed by atoms with Gasteiger partial charge in [0.15, 0.2) is 11.5 Å². The highest BCUT2D eigenvalue weighted by Gasteiger charge is 2.39. The maximum atomic E-state index is 5.95. The topological polar surface area (TPSA) is 66.5 Å². The Morgan fingerprint density at radius 3 is 2.92 bits per heavy atom. The number of thiophene rings is 1. The third-order valence-corrected chi connectivity index (χ3v) is 6.36. The van der Waals surface area contributed by atoms with Crippen LogP contribution >= 0.6 is 22.9 Å². The van der Waals surface area contributed by atoms with Gasteiger partial charge in [-0.15, -0.1) is 11.3 Å². The number of rotatable bonds is 2. The van der Waals surface area contributed by atoms with Gasteiger partial charge in [0.1, 0.15) is 5.52 Å². The van der Waals surface area contributed by atoms with E-state index in [2.05, 4.69) is 37.1 Å². The molecule has 3 aromatic rings. The smallest absolute Gasteiger partial charge is 0.209 e. The Morgan fingerprint density at radius 2 is 2.16 bits per heavy atom. The molecule has 7 heteroatoms. The van der Waals surface area contributed by atoms with Crippen LogP contribution in [0, 0.1) is 23.7 Å². The minimum Gasteiger partial charge on any atom is -0.365 e. The molecule has 5 rings (SSSR count). The van der Waals surface area contributed by atoms with Crippen LogP contribution < -0.4 is 5.32 Å². The zero-order chi connectivity index (χ0) is 16.8. The molecule has 0 aromatic carbocycles. The maximum absolute atomic E-state index is 5.95. The van der Waals surface area contributed by atoms with Crippen LogP contribution in [0.4, 0.5) is 5.82 Å². The number of H-pyrrole nitrogens is 1. The van der Waals surface area contributed by atoms with Crippen LogP contribution in [0.25, 0.3) is 11.2 Å². The summed E-state index contributed by atoms with van der Waals surface area (Å²) in [6.45, 7) is 0. The predicted octanol–water partition coefficient (Wildman–Crippen LogP) is 4.07. The molecule has 2 saturated carbocycles. The molecule has 3 heterocycles. The van der Waals surface area contributed by atoms with E-state index in [9.17, 15) is 0 Å². The first-order valence-electron chi connectivity index (χ1n) is 8.49.